The highest BCUT2D eigenvalue weighted by atomic mass is 31.2. The summed E-state index contributed by atoms with van der Waals surface area (Å²) in [5.41, 5.74) is 0. The summed E-state index contributed by atoms with van der Waals surface area (Å²) in [6.07, 6.45) is 1.51. The van der Waals surface area contributed by atoms with E-state index >= 15 is 0 Å². The van der Waals surface area contributed by atoms with E-state index in [4.69, 9.17) is 14.0 Å². The van der Waals surface area contributed by atoms with E-state index in [1.165, 1.54) is 7.11 Å². The second kappa shape index (κ2) is 8.74. The normalized spacial score (nSPS) is 14.4. The fraction of sp³-hybridized carbons (Fsp3) is 0.900. The Labute approximate surface area is 96.9 Å². The number of hydrogen-bond donors (Lipinski definition) is 0. The van der Waals surface area contributed by atoms with E-state index in [0.717, 1.165) is 12.8 Å². The van der Waals surface area contributed by atoms with Crippen molar-refractivity contribution in [1.29, 1.82) is 0 Å². The van der Waals surface area contributed by atoms with Crippen LogP contribution in [-0.4, -0.2) is 38.8 Å². The summed E-state index contributed by atoms with van der Waals surface area (Å²) in [6.45, 7) is 4.38. The summed E-state index contributed by atoms with van der Waals surface area (Å²) in [6, 6.07) is 0. The van der Waals surface area contributed by atoms with E-state index in [9.17, 15) is 9.36 Å². The standard InChI is InChI=1S/C10H21O5P/c1-4-6-7-15-16(12,9-13-3)8-10(11)14-5-2/h4-9H2,1-3H3. The maximum Gasteiger partial charge on any atom is 0.315 e. The van der Waals surface area contributed by atoms with Crippen LogP contribution in [-0.2, 0) is 23.4 Å². The molecule has 0 aromatic heterocycles. The van der Waals surface area contributed by atoms with Gasteiger partial charge in [-0.15, -0.1) is 0 Å². The summed E-state index contributed by atoms with van der Waals surface area (Å²) in [4.78, 5) is 11.2. The van der Waals surface area contributed by atoms with Crippen molar-refractivity contribution in [3.05, 3.63) is 0 Å². The SMILES string of the molecule is CCCCOP(=O)(COC)CC(=O)OCC. The molecule has 96 valence electrons. The van der Waals surface area contributed by atoms with Gasteiger partial charge in [0.1, 0.15) is 12.5 Å². The van der Waals surface area contributed by atoms with E-state index in [0.29, 0.717) is 6.61 Å². The Morgan fingerprint density at radius 3 is 2.50 bits per heavy atom. The molecule has 6 heteroatoms. The predicted octanol–water partition coefficient (Wildman–Crippen LogP) is 2.25. The molecule has 0 aliphatic carbocycles. The average Bonchev–Trinajstić information content (AvgIpc) is 2.18. The Morgan fingerprint density at radius 1 is 1.31 bits per heavy atom. The van der Waals surface area contributed by atoms with Gasteiger partial charge in [0.05, 0.1) is 13.2 Å². The molecule has 0 rings (SSSR count). The lowest BCUT2D eigenvalue weighted by Gasteiger charge is -2.16. The molecule has 0 amide bonds. The molecule has 0 heterocycles. The fourth-order valence-electron chi connectivity index (χ4n) is 1.10. The zero-order valence-corrected chi connectivity index (χ0v) is 11.1. The van der Waals surface area contributed by atoms with Gasteiger partial charge in [-0.05, 0) is 13.3 Å². The van der Waals surface area contributed by atoms with E-state index in [2.05, 4.69) is 0 Å². The molecular formula is C10H21O5P. The monoisotopic (exact) mass is 252 g/mol. The Bertz CT molecular complexity index is 241. The number of unbranched alkanes of at least 4 members (excludes halogenated alkanes) is 1. The van der Waals surface area contributed by atoms with Crippen molar-refractivity contribution in [2.75, 3.05) is 32.8 Å². The second-order valence-electron chi connectivity index (χ2n) is 3.38. The van der Waals surface area contributed by atoms with Crippen molar-refractivity contribution in [3.8, 4) is 0 Å². The van der Waals surface area contributed by atoms with Crippen molar-refractivity contribution in [1.82, 2.24) is 0 Å². The van der Waals surface area contributed by atoms with Gasteiger partial charge >= 0.3 is 5.97 Å². The van der Waals surface area contributed by atoms with Crippen molar-refractivity contribution < 1.29 is 23.4 Å². The van der Waals surface area contributed by atoms with E-state index < -0.39 is 13.3 Å². The summed E-state index contributed by atoms with van der Waals surface area (Å²) in [7, 11) is -1.60. The molecule has 0 bridgehead atoms. The molecule has 0 fully saturated rings. The van der Waals surface area contributed by atoms with Gasteiger partial charge in [0.15, 0.2) is 0 Å². The molecule has 0 saturated heterocycles. The maximum absolute atomic E-state index is 12.1. The van der Waals surface area contributed by atoms with Crippen LogP contribution >= 0.6 is 7.37 Å². The van der Waals surface area contributed by atoms with Gasteiger partial charge < -0.3 is 14.0 Å². The van der Waals surface area contributed by atoms with Gasteiger partial charge in [0, 0.05) is 7.11 Å². The van der Waals surface area contributed by atoms with Gasteiger partial charge in [0.25, 0.3) is 0 Å². The van der Waals surface area contributed by atoms with Gasteiger partial charge in [0.2, 0.25) is 7.37 Å². The topological polar surface area (TPSA) is 61.8 Å². The zero-order chi connectivity index (χ0) is 12.4. The van der Waals surface area contributed by atoms with Crippen LogP contribution in [0.2, 0.25) is 0 Å². The van der Waals surface area contributed by atoms with Crippen LogP contribution < -0.4 is 0 Å². The lowest BCUT2D eigenvalue weighted by atomic mass is 10.4. The Kier molecular flexibility index (Phi) is 8.53. The van der Waals surface area contributed by atoms with Gasteiger partial charge in [-0.25, -0.2) is 0 Å². The first kappa shape index (κ1) is 15.6. The molecule has 16 heavy (non-hydrogen) atoms. The molecule has 0 aliphatic rings. The molecule has 5 nitrogen and oxygen atoms in total. The van der Waals surface area contributed by atoms with Crippen LogP contribution in [0.5, 0.6) is 0 Å². The first-order chi connectivity index (χ1) is 7.58. The Morgan fingerprint density at radius 2 is 2.00 bits per heavy atom. The number of esters is 1. The molecule has 0 aromatic carbocycles. The Hall–Kier alpha value is -0.380. The van der Waals surface area contributed by atoms with Gasteiger partial charge in [-0.3, -0.25) is 9.36 Å². The highest BCUT2D eigenvalue weighted by Crippen LogP contribution is 2.46. The van der Waals surface area contributed by atoms with E-state index in [1.807, 2.05) is 6.92 Å². The smallest absolute Gasteiger partial charge is 0.315 e. The molecule has 0 saturated carbocycles. The molecule has 1 unspecified atom stereocenters. The summed E-state index contributed by atoms with van der Waals surface area (Å²) >= 11 is 0. The molecule has 0 aliphatic heterocycles. The average molecular weight is 252 g/mol. The van der Waals surface area contributed by atoms with Crippen LogP contribution in [0.3, 0.4) is 0 Å². The molecular weight excluding hydrogens is 231 g/mol. The molecule has 0 N–H and O–H groups in total. The van der Waals surface area contributed by atoms with Crippen molar-refractivity contribution in [2.45, 2.75) is 26.7 Å². The lowest BCUT2D eigenvalue weighted by molar-refractivity contribution is -0.140. The third kappa shape index (κ3) is 6.99. The minimum absolute atomic E-state index is 0.0461. The third-order valence-corrected chi connectivity index (χ3v) is 3.87. The minimum atomic E-state index is -3.03. The predicted molar refractivity (Wildman–Crippen MR) is 61.8 cm³/mol. The number of ether oxygens (including phenoxy) is 2. The number of hydrogen-bond acceptors (Lipinski definition) is 5. The lowest BCUT2D eigenvalue weighted by Crippen LogP contribution is -2.14. The highest BCUT2D eigenvalue weighted by Gasteiger charge is 2.27. The van der Waals surface area contributed by atoms with Crippen LogP contribution in [0.25, 0.3) is 0 Å². The largest absolute Gasteiger partial charge is 0.466 e. The molecule has 0 spiro atoms. The summed E-state index contributed by atoms with van der Waals surface area (Å²) in [5.74, 6) is -0.501. The van der Waals surface area contributed by atoms with E-state index in [1.54, 1.807) is 6.92 Å². The number of carbonyl (C=O) groups excluding carboxylic acids is 1. The second-order valence-corrected chi connectivity index (χ2v) is 5.84. The van der Waals surface area contributed by atoms with Gasteiger partial charge in [-0.1, -0.05) is 13.3 Å². The fourth-order valence-corrected chi connectivity index (χ4v) is 2.70. The Balaban J connectivity index is 4.20. The summed E-state index contributed by atoms with van der Waals surface area (Å²) < 4.78 is 26.9. The number of methoxy groups -OCH3 is 1. The van der Waals surface area contributed by atoms with E-state index in [-0.39, 0.29) is 19.1 Å². The zero-order valence-electron chi connectivity index (χ0n) is 10.2. The number of carbonyl (C=O) groups is 1. The first-order valence-electron chi connectivity index (χ1n) is 5.45. The molecule has 0 radical (unpaired) electrons. The van der Waals surface area contributed by atoms with Crippen molar-refractivity contribution in [3.63, 3.8) is 0 Å². The highest BCUT2D eigenvalue weighted by molar-refractivity contribution is 7.59. The van der Waals surface area contributed by atoms with Crippen molar-refractivity contribution >= 4 is 13.3 Å². The van der Waals surface area contributed by atoms with Crippen molar-refractivity contribution in [2.24, 2.45) is 0 Å². The molecule has 1 atom stereocenters. The minimum Gasteiger partial charge on any atom is -0.466 e. The van der Waals surface area contributed by atoms with Crippen LogP contribution in [0.15, 0.2) is 0 Å². The van der Waals surface area contributed by atoms with Gasteiger partial charge in [-0.2, -0.15) is 0 Å². The van der Waals surface area contributed by atoms with Crippen LogP contribution in [0.1, 0.15) is 26.7 Å². The molecule has 0 aromatic rings. The third-order valence-electron chi connectivity index (χ3n) is 1.83. The van der Waals surface area contributed by atoms with Crippen LogP contribution in [0, 0.1) is 0 Å². The first-order valence-corrected chi connectivity index (χ1v) is 7.44. The summed E-state index contributed by atoms with van der Waals surface area (Å²) in [5, 5.41) is 0. The maximum atomic E-state index is 12.1. The van der Waals surface area contributed by atoms with Crippen LogP contribution in [0.4, 0.5) is 0 Å². The number of rotatable bonds is 9. The quantitative estimate of drug-likeness (QED) is 0.358.